The average Bonchev–Trinajstić information content (AvgIpc) is 2.38. The molecule has 21 heavy (non-hydrogen) atoms. The van der Waals surface area contributed by atoms with Crippen LogP contribution in [0.3, 0.4) is 0 Å². The van der Waals surface area contributed by atoms with Crippen molar-refractivity contribution in [2.24, 2.45) is 11.8 Å². The first kappa shape index (κ1) is 18.1. The predicted molar refractivity (Wildman–Crippen MR) is 93.9 cm³/mol. The highest BCUT2D eigenvalue weighted by Gasteiger charge is 2.39. The van der Waals surface area contributed by atoms with Crippen LogP contribution in [0.25, 0.3) is 0 Å². The largest absolute Gasteiger partial charge is 0.362 e. The maximum atomic E-state index is 2.65. The quantitative estimate of drug-likeness (QED) is 0.702. The van der Waals surface area contributed by atoms with Gasteiger partial charge in [-0.05, 0) is 59.0 Å². The first-order valence-corrected chi connectivity index (χ1v) is 8.39. The van der Waals surface area contributed by atoms with Crippen LogP contribution in [0, 0.1) is 11.8 Å². The first-order chi connectivity index (χ1) is 9.44. The molecule has 0 aliphatic carbocycles. The molecule has 0 aromatic rings. The summed E-state index contributed by atoms with van der Waals surface area (Å²) in [5.41, 5.74) is 5.88. The molecule has 1 heterocycles. The third kappa shape index (κ3) is 3.00. The van der Waals surface area contributed by atoms with Crippen LogP contribution < -0.4 is 0 Å². The van der Waals surface area contributed by atoms with Gasteiger partial charge in [0.25, 0.3) is 0 Å². The molecular weight excluding hydrogens is 256 g/mol. The molecule has 0 atom stereocenters. The molecule has 0 amide bonds. The molecule has 0 N–H and O–H groups in total. The van der Waals surface area contributed by atoms with Crippen LogP contribution in [-0.4, -0.2) is 28.4 Å². The molecule has 1 rings (SSSR count). The van der Waals surface area contributed by atoms with Crippen molar-refractivity contribution in [2.45, 2.75) is 80.8 Å². The Morgan fingerprint density at radius 3 is 1.57 bits per heavy atom. The minimum absolute atomic E-state index is 0.0444. The van der Waals surface area contributed by atoms with Crippen LogP contribution in [0.15, 0.2) is 22.7 Å². The molecule has 0 fully saturated rings. The van der Waals surface area contributed by atoms with E-state index in [-0.39, 0.29) is 5.54 Å². The molecule has 0 aromatic heterocycles. The molecule has 0 saturated carbocycles. The van der Waals surface area contributed by atoms with Gasteiger partial charge in [-0.15, -0.1) is 0 Å². The third-order valence-electron chi connectivity index (χ3n) is 5.06. The van der Waals surface area contributed by atoms with Crippen molar-refractivity contribution in [3.63, 3.8) is 0 Å². The zero-order chi connectivity index (χ0) is 16.7. The van der Waals surface area contributed by atoms with Crippen molar-refractivity contribution in [1.82, 2.24) is 9.80 Å². The Balaban J connectivity index is 3.78. The summed E-state index contributed by atoms with van der Waals surface area (Å²) in [5, 5.41) is 0. The van der Waals surface area contributed by atoms with Crippen molar-refractivity contribution in [3.8, 4) is 0 Å². The molecular formula is C19H36N2. The smallest absolute Gasteiger partial charge is 0.0575 e. The van der Waals surface area contributed by atoms with Gasteiger partial charge in [-0.3, -0.25) is 0 Å². The standard InChI is InChI=1S/C19H36N2/c1-12(2)17-18(13(3)4)21(14(5)6)19(9,10)15(7)16(8)20(17)11/h12-14H,1-11H3. The summed E-state index contributed by atoms with van der Waals surface area (Å²) < 4.78 is 0. The fourth-order valence-electron chi connectivity index (χ4n) is 3.83. The minimum Gasteiger partial charge on any atom is -0.362 e. The lowest BCUT2D eigenvalue weighted by molar-refractivity contribution is 0.141. The summed E-state index contributed by atoms with van der Waals surface area (Å²) in [4.78, 5) is 5.08. The molecule has 0 bridgehead atoms. The number of allylic oxidation sites excluding steroid dienone is 3. The first-order valence-electron chi connectivity index (χ1n) is 8.39. The van der Waals surface area contributed by atoms with E-state index in [1.807, 2.05) is 0 Å². The van der Waals surface area contributed by atoms with Crippen LogP contribution in [0.4, 0.5) is 0 Å². The van der Waals surface area contributed by atoms with Gasteiger partial charge in [0, 0.05) is 30.2 Å². The van der Waals surface area contributed by atoms with E-state index in [0.29, 0.717) is 17.9 Å². The van der Waals surface area contributed by atoms with E-state index in [4.69, 9.17) is 0 Å². The molecule has 0 saturated heterocycles. The van der Waals surface area contributed by atoms with Gasteiger partial charge in [-0.25, -0.2) is 0 Å². The van der Waals surface area contributed by atoms with Crippen molar-refractivity contribution in [2.75, 3.05) is 7.05 Å². The summed E-state index contributed by atoms with van der Waals surface area (Å²) in [6, 6.07) is 0.486. The van der Waals surface area contributed by atoms with E-state index in [1.165, 1.54) is 22.7 Å². The molecule has 122 valence electrons. The van der Waals surface area contributed by atoms with Gasteiger partial charge < -0.3 is 9.80 Å². The molecule has 0 radical (unpaired) electrons. The van der Waals surface area contributed by atoms with Gasteiger partial charge in [0.2, 0.25) is 0 Å². The molecule has 0 unspecified atom stereocenters. The van der Waals surface area contributed by atoms with Crippen molar-refractivity contribution in [1.29, 1.82) is 0 Å². The molecule has 1 aliphatic rings. The molecule has 2 nitrogen and oxygen atoms in total. The normalized spacial score (nSPS) is 20.3. The summed E-state index contributed by atoms with van der Waals surface area (Å²) >= 11 is 0. The second kappa shape index (κ2) is 6.06. The maximum Gasteiger partial charge on any atom is 0.0575 e. The lowest BCUT2D eigenvalue weighted by atomic mass is 9.88. The number of hydrogen-bond acceptors (Lipinski definition) is 2. The van der Waals surface area contributed by atoms with E-state index in [9.17, 15) is 0 Å². The van der Waals surface area contributed by atoms with Crippen LogP contribution >= 0.6 is 0 Å². The maximum absolute atomic E-state index is 2.65. The van der Waals surface area contributed by atoms with Crippen molar-refractivity contribution < 1.29 is 0 Å². The van der Waals surface area contributed by atoms with E-state index in [2.05, 4.69) is 86.1 Å². The fraction of sp³-hybridized carbons (Fsp3) is 0.789. The van der Waals surface area contributed by atoms with E-state index in [1.54, 1.807) is 0 Å². The Morgan fingerprint density at radius 2 is 1.24 bits per heavy atom. The molecule has 0 spiro atoms. The lowest BCUT2D eigenvalue weighted by Crippen LogP contribution is -2.49. The van der Waals surface area contributed by atoms with Gasteiger partial charge in [0.1, 0.15) is 0 Å². The molecule has 2 heteroatoms. The predicted octanol–water partition coefficient (Wildman–Crippen LogP) is 5.24. The van der Waals surface area contributed by atoms with Crippen molar-refractivity contribution >= 4 is 0 Å². The summed E-state index contributed by atoms with van der Waals surface area (Å²) in [7, 11) is 2.23. The Bertz CT molecular complexity index is 450. The molecule has 1 aliphatic heterocycles. The molecule has 0 aromatic carbocycles. The van der Waals surface area contributed by atoms with Crippen LogP contribution in [0.2, 0.25) is 0 Å². The monoisotopic (exact) mass is 292 g/mol. The minimum atomic E-state index is 0.0444. The van der Waals surface area contributed by atoms with Gasteiger partial charge in [0.15, 0.2) is 0 Å². The highest BCUT2D eigenvalue weighted by Crippen LogP contribution is 2.42. The van der Waals surface area contributed by atoms with Crippen LogP contribution in [0.1, 0.15) is 69.2 Å². The van der Waals surface area contributed by atoms with Gasteiger partial charge in [0.05, 0.1) is 5.54 Å². The summed E-state index contributed by atoms with van der Waals surface area (Å²) in [6.45, 7) is 23.2. The van der Waals surface area contributed by atoms with E-state index in [0.717, 1.165) is 0 Å². The topological polar surface area (TPSA) is 6.48 Å². The lowest BCUT2D eigenvalue weighted by Gasteiger charge is -2.46. The van der Waals surface area contributed by atoms with Crippen LogP contribution in [0.5, 0.6) is 0 Å². The van der Waals surface area contributed by atoms with Gasteiger partial charge in [-0.1, -0.05) is 27.7 Å². The highest BCUT2D eigenvalue weighted by atomic mass is 15.3. The van der Waals surface area contributed by atoms with E-state index >= 15 is 0 Å². The highest BCUT2D eigenvalue weighted by molar-refractivity contribution is 5.34. The Kier molecular flexibility index (Phi) is 5.23. The second-order valence-electron chi connectivity index (χ2n) is 7.87. The van der Waals surface area contributed by atoms with Crippen molar-refractivity contribution in [3.05, 3.63) is 22.7 Å². The SMILES string of the molecule is CC1=C(C)C(C)(C)N(C(C)C)C(C(C)C)=C(C(C)C)N1C. The van der Waals surface area contributed by atoms with Gasteiger partial charge in [-0.2, -0.15) is 0 Å². The Labute approximate surface area is 132 Å². The second-order valence-corrected chi connectivity index (χ2v) is 7.87. The Hall–Kier alpha value is -0.920. The number of nitrogens with zero attached hydrogens (tertiary/aromatic N) is 2. The average molecular weight is 293 g/mol. The zero-order valence-corrected chi connectivity index (χ0v) is 16.1. The van der Waals surface area contributed by atoms with Crippen LogP contribution in [-0.2, 0) is 0 Å². The number of hydrogen-bond donors (Lipinski definition) is 0. The Morgan fingerprint density at radius 1 is 0.810 bits per heavy atom. The zero-order valence-electron chi connectivity index (χ0n) is 16.1. The number of rotatable bonds is 3. The summed E-state index contributed by atoms with van der Waals surface area (Å²) in [6.07, 6.45) is 0. The van der Waals surface area contributed by atoms with Gasteiger partial charge >= 0.3 is 0 Å². The summed E-state index contributed by atoms with van der Waals surface area (Å²) in [5.74, 6) is 1.04. The fourth-order valence-corrected chi connectivity index (χ4v) is 3.83. The van der Waals surface area contributed by atoms with E-state index < -0.39 is 0 Å². The third-order valence-corrected chi connectivity index (χ3v) is 5.06.